The van der Waals surface area contributed by atoms with Gasteiger partial charge in [-0.15, -0.1) is 24.0 Å². The van der Waals surface area contributed by atoms with Gasteiger partial charge < -0.3 is 20.1 Å². The van der Waals surface area contributed by atoms with Crippen LogP contribution in [0.1, 0.15) is 6.92 Å². The van der Waals surface area contributed by atoms with Crippen molar-refractivity contribution in [1.82, 2.24) is 5.32 Å². The highest BCUT2D eigenvalue weighted by molar-refractivity contribution is 14.0. The fourth-order valence-corrected chi connectivity index (χ4v) is 1.39. The Morgan fingerprint density at radius 3 is 2.56 bits per heavy atom. The van der Waals surface area contributed by atoms with Crippen molar-refractivity contribution in [3.05, 3.63) is 18.2 Å². The molecule has 1 aromatic rings. The smallest absolute Gasteiger partial charge is 0.195 e. The lowest BCUT2D eigenvalue weighted by Crippen LogP contribution is -2.26. The highest BCUT2D eigenvalue weighted by atomic mass is 127. The van der Waals surface area contributed by atoms with Crippen molar-refractivity contribution in [3.8, 4) is 11.5 Å². The highest BCUT2D eigenvalue weighted by Gasteiger charge is 2.05. The first-order valence-electron chi connectivity index (χ1n) is 5.47. The molecule has 0 bridgehead atoms. The fraction of sp³-hybridized carbons (Fsp3) is 0.417. The lowest BCUT2D eigenvalue weighted by Gasteiger charge is -2.13. The van der Waals surface area contributed by atoms with Crippen molar-refractivity contribution in [3.63, 3.8) is 0 Å². The summed E-state index contributed by atoms with van der Waals surface area (Å²) in [5.74, 6) is 2.12. The Bertz CT molecular complexity index is 397. The Kier molecular flexibility index (Phi) is 8.27. The van der Waals surface area contributed by atoms with Crippen LogP contribution in [0.25, 0.3) is 0 Å². The number of benzene rings is 1. The molecule has 0 aliphatic heterocycles. The molecule has 5 nitrogen and oxygen atoms in total. The SMILES string of the molecule is CCOc1ccc(NC(=NC)NC)cc1OC.I. The van der Waals surface area contributed by atoms with Crippen LogP contribution in [0.15, 0.2) is 23.2 Å². The van der Waals surface area contributed by atoms with Gasteiger partial charge in [-0.1, -0.05) is 0 Å². The fourth-order valence-electron chi connectivity index (χ4n) is 1.39. The summed E-state index contributed by atoms with van der Waals surface area (Å²) < 4.78 is 10.7. The van der Waals surface area contributed by atoms with Crippen LogP contribution in [0.3, 0.4) is 0 Å². The van der Waals surface area contributed by atoms with E-state index in [1.165, 1.54) is 0 Å². The molecule has 0 saturated heterocycles. The summed E-state index contributed by atoms with van der Waals surface area (Å²) in [6.45, 7) is 2.55. The molecule has 2 N–H and O–H groups in total. The number of guanidine groups is 1. The van der Waals surface area contributed by atoms with Crippen molar-refractivity contribution < 1.29 is 9.47 Å². The van der Waals surface area contributed by atoms with Gasteiger partial charge in [-0.25, -0.2) is 0 Å². The van der Waals surface area contributed by atoms with Crippen LogP contribution in [-0.2, 0) is 0 Å². The number of hydrogen-bond donors (Lipinski definition) is 2. The molecule has 0 saturated carbocycles. The zero-order valence-electron chi connectivity index (χ0n) is 11.1. The van der Waals surface area contributed by atoms with Crippen LogP contribution in [0.2, 0.25) is 0 Å². The van der Waals surface area contributed by atoms with Gasteiger partial charge in [0, 0.05) is 25.8 Å². The average Bonchev–Trinajstić information content (AvgIpc) is 2.37. The minimum atomic E-state index is 0. The van der Waals surface area contributed by atoms with Crippen molar-refractivity contribution in [2.24, 2.45) is 4.99 Å². The van der Waals surface area contributed by atoms with Crippen LogP contribution in [0, 0.1) is 0 Å². The van der Waals surface area contributed by atoms with Crippen molar-refractivity contribution >= 4 is 35.6 Å². The summed E-state index contributed by atoms with van der Waals surface area (Å²) >= 11 is 0. The molecule has 1 rings (SSSR count). The minimum absolute atomic E-state index is 0. The van der Waals surface area contributed by atoms with E-state index in [4.69, 9.17) is 9.47 Å². The Balaban J connectivity index is 0.00000289. The molecule has 6 heteroatoms. The molecular formula is C12H20IN3O2. The molecular weight excluding hydrogens is 345 g/mol. The van der Waals surface area contributed by atoms with Gasteiger partial charge in [0.25, 0.3) is 0 Å². The van der Waals surface area contributed by atoms with E-state index in [0.717, 1.165) is 11.4 Å². The van der Waals surface area contributed by atoms with E-state index in [-0.39, 0.29) is 24.0 Å². The summed E-state index contributed by atoms with van der Waals surface area (Å²) in [5, 5.41) is 6.07. The normalized spacial score (nSPS) is 10.3. The molecule has 0 spiro atoms. The first-order chi connectivity index (χ1) is 8.24. The second-order valence-electron chi connectivity index (χ2n) is 3.25. The third-order valence-corrected chi connectivity index (χ3v) is 2.19. The molecule has 0 aliphatic carbocycles. The van der Waals surface area contributed by atoms with Gasteiger partial charge in [0.1, 0.15) is 0 Å². The molecule has 102 valence electrons. The minimum Gasteiger partial charge on any atom is -0.493 e. The summed E-state index contributed by atoms with van der Waals surface area (Å²) in [4.78, 5) is 4.04. The molecule has 0 radical (unpaired) electrons. The Morgan fingerprint density at radius 1 is 1.33 bits per heavy atom. The van der Waals surface area contributed by atoms with Crippen LogP contribution in [0.4, 0.5) is 5.69 Å². The van der Waals surface area contributed by atoms with Gasteiger partial charge in [-0.3, -0.25) is 4.99 Å². The second kappa shape index (κ2) is 8.84. The first kappa shape index (κ1) is 16.8. The first-order valence-corrected chi connectivity index (χ1v) is 5.47. The van der Waals surface area contributed by atoms with E-state index in [1.54, 1.807) is 21.2 Å². The quantitative estimate of drug-likeness (QED) is 0.489. The third-order valence-electron chi connectivity index (χ3n) is 2.19. The maximum Gasteiger partial charge on any atom is 0.195 e. The van der Waals surface area contributed by atoms with Gasteiger partial charge >= 0.3 is 0 Å². The number of nitrogens with one attached hydrogen (secondary N) is 2. The largest absolute Gasteiger partial charge is 0.493 e. The van der Waals surface area contributed by atoms with Crippen molar-refractivity contribution in [2.45, 2.75) is 6.92 Å². The van der Waals surface area contributed by atoms with E-state index in [9.17, 15) is 0 Å². The molecule has 1 aromatic carbocycles. The second-order valence-corrected chi connectivity index (χ2v) is 3.25. The maximum absolute atomic E-state index is 5.44. The van der Waals surface area contributed by atoms with Crippen molar-refractivity contribution in [1.29, 1.82) is 0 Å². The molecule has 0 fully saturated rings. The van der Waals surface area contributed by atoms with Gasteiger partial charge in [-0.2, -0.15) is 0 Å². The molecule has 0 aromatic heterocycles. The maximum atomic E-state index is 5.44. The number of hydrogen-bond acceptors (Lipinski definition) is 3. The van der Waals surface area contributed by atoms with E-state index < -0.39 is 0 Å². The van der Waals surface area contributed by atoms with E-state index >= 15 is 0 Å². The number of nitrogens with zero attached hydrogens (tertiary/aromatic N) is 1. The van der Waals surface area contributed by atoms with Crippen LogP contribution < -0.4 is 20.1 Å². The third kappa shape index (κ3) is 4.59. The predicted molar refractivity (Wildman–Crippen MR) is 85.6 cm³/mol. The molecule has 0 heterocycles. The zero-order chi connectivity index (χ0) is 12.7. The number of halogens is 1. The van der Waals surface area contributed by atoms with Crippen LogP contribution in [-0.4, -0.2) is 33.8 Å². The van der Waals surface area contributed by atoms with Gasteiger partial charge in [0.05, 0.1) is 13.7 Å². The van der Waals surface area contributed by atoms with E-state index in [1.807, 2.05) is 25.1 Å². The topological polar surface area (TPSA) is 54.9 Å². The number of aliphatic imine (C=N–C) groups is 1. The lowest BCUT2D eigenvalue weighted by molar-refractivity contribution is 0.311. The number of anilines is 1. The van der Waals surface area contributed by atoms with Crippen LogP contribution >= 0.6 is 24.0 Å². The van der Waals surface area contributed by atoms with Gasteiger partial charge in [0.15, 0.2) is 17.5 Å². The molecule has 0 atom stereocenters. The van der Waals surface area contributed by atoms with Crippen LogP contribution in [0.5, 0.6) is 11.5 Å². The average molecular weight is 365 g/mol. The summed E-state index contributed by atoms with van der Waals surface area (Å²) in [6.07, 6.45) is 0. The number of ether oxygens (including phenoxy) is 2. The molecule has 0 aliphatic rings. The molecule has 18 heavy (non-hydrogen) atoms. The van der Waals surface area contributed by atoms with Crippen molar-refractivity contribution in [2.75, 3.05) is 33.1 Å². The highest BCUT2D eigenvalue weighted by Crippen LogP contribution is 2.30. The Morgan fingerprint density at radius 2 is 2.06 bits per heavy atom. The lowest BCUT2D eigenvalue weighted by atomic mass is 10.2. The standard InChI is InChI=1S/C12H19N3O2.HI/c1-5-17-10-7-6-9(8-11(10)16-4)15-12(13-2)14-3;/h6-8H,5H2,1-4H3,(H2,13,14,15);1H. The predicted octanol–water partition coefficient (Wildman–Crippen LogP) is 2.33. The van der Waals surface area contributed by atoms with E-state index in [0.29, 0.717) is 18.3 Å². The molecule has 0 amide bonds. The summed E-state index contributed by atoms with van der Waals surface area (Å²) in [6, 6.07) is 5.65. The molecule has 0 unspecified atom stereocenters. The Labute approximate surface area is 125 Å². The van der Waals surface area contributed by atoms with E-state index in [2.05, 4.69) is 15.6 Å². The van der Waals surface area contributed by atoms with Gasteiger partial charge in [0.2, 0.25) is 0 Å². The Hall–Kier alpha value is -1.18. The zero-order valence-corrected chi connectivity index (χ0v) is 13.4. The monoisotopic (exact) mass is 365 g/mol. The van der Waals surface area contributed by atoms with Gasteiger partial charge in [-0.05, 0) is 19.1 Å². The summed E-state index contributed by atoms with van der Waals surface area (Å²) in [7, 11) is 5.14. The number of methoxy groups -OCH3 is 1. The summed E-state index contributed by atoms with van der Waals surface area (Å²) in [5.41, 5.74) is 0.889. The number of rotatable bonds is 4.